The van der Waals surface area contributed by atoms with E-state index in [2.05, 4.69) is 0 Å². The highest BCUT2D eigenvalue weighted by molar-refractivity contribution is 7.58. The third-order valence-electron chi connectivity index (χ3n) is 0.456. The number of aliphatic hydroxyl groups is 1. The van der Waals surface area contributed by atoms with Crippen molar-refractivity contribution in [3.8, 4) is 0 Å². The Morgan fingerprint density at radius 1 is 1.25 bits per heavy atom. The maximum Gasteiger partial charge on any atom is 0.407 e. The minimum atomic E-state index is -3.68. The Hall–Kier alpha value is -0.150. The molecule has 5 heteroatoms. The smallest absolute Gasteiger partial charge is 0.407 e. The van der Waals surface area contributed by atoms with Crippen LogP contribution < -0.4 is 0 Å². The van der Waals surface area contributed by atoms with Gasteiger partial charge < -0.3 is 5.11 Å². The van der Waals surface area contributed by atoms with Gasteiger partial charge in [-0.1, -0.05) is 0 Å². The van der Waals surface area contributed by atoms with E-state index in [9.17, 15) is 0 Å². The molecule has 0 aromatic rings. The summed E-state index contributed by atoms with van der Waals surface area (Å²) in [6.45, 7) is 0. The third-order valence-corrected chi connectivity index (χ3v) is 1.16. The molecular weight excluding hydrogens is 131 g/mol. The van der Waals surface area contributed by atoms with Crippen LogP contribution >= 0.6 is 7.94 Å². The number of aliphatic hydroxyl groups excluding tert-OH is 1. The predicted molar refractivity (Wildman–Crippen MR) is 30.2 cm³/mol. The first kappa shape index (κ1) is 7.85. The highest BCUT2D eigenvalue weighted by atomic mass is 31.2. The van der Waals surface area contributed by atoms with Gasteiger partial charge in [0, 0.05) is 0 Å². The van der Waals surface area contributed by atoms with E-state index < -0.39 is 7.94 Å². The lowest BCUT2D eigenvalue weighted by Gasteiger charge is -1.96. The van der Waals surface area contributed by atoms with Crippen LogP contribution in [0.1, 0.15) is 0 Å². The number of allylic oxidation sites excluding steroid dienone is 1. The van der Waals surface area contributed by atoms with E-state index in [1.165, 1.54) is 0 Å². The third kappa shape index (κ3) is 5.85. The maximum atomic E-state index is 8.21. The molecule has 0 fully saturated rings. The van der Waals surface area contributed by atoms with E-state index in [1.807, 2.05) is 0 Å². The topological polar surface area (TPSA) is 80.9 Å². The molecule has 0 aliphatic carbocycles. The Morgan fingerprint density at radius 2 is 1.75 bits per heavy atom. The lowest BCUT2D eigenvalue weighted by atomic mass is 10.7. The molecule has 4 N–H and O–H groups in total. The van der Waals surface area contributed by atoms with E-state index >= 15 is 0 Å². The monoisotopic (exact) mass is 139 g/mol. The largest absolute Gasteiger partial charge is 0.516 e. The van der Waals surface area contributed by atoms with Gasteiger partial charge in [-0.15, -0.1) is 0 Å². The average molecular weight is 139 g/mol. The van der Waals surface area contributed by atoms with Gasteiger partial charge in [-0.3, -0.25) is 0 Å². The fraction of sp³-hybridized carbons (Fsp3) is 0.333. The standard InChI is InChI=1S/C3H7O4P/c4-2-1-3-8(5,6)7/h1-2,5-7H,3H2/p+1. The van der Waals surface area contributed by atoms with Gasteiger partial charge in [0.15, 0.2) is 6.16 Å². The zero-order chi connectivity index (χ0) is 6.62. The summed E-state index contributed by atoms with van der Waals surface area (Å²) in [6.07, 6.45) is 1.43. The molecule has 48 valence electrons. The minimum absolute atomic E-state index is 0.288. The fourth-order valence-corrected chi connectivity index (χ4v) is 0.566. The second-order valence-corrected chi connectivity index (χ2v) is 3.01. The average Bonchev–Trinajstić information content (AvgIpc) is 1.59. The van der Waals surface area contributed by atoms with Crippen molar-refractivity contribution in [1.29, 1.82) is 0 Å². The van der Waals surface area contributed by atoms with E-state index in [4.69, 9.17) is 19.8 Å². The summed E-state index contributed by atoms with van der Waals surface area (Å²) in [4.78, 5) is 24.6. The van der Waals surface area contributed by atoms with Crippen molar-refractivity contribution < 1.29 is 19.8 Å². The molecule has 0 unspecified atom stereocenters. The van der Waals surface area contributed by atoms with E-state index in [-0.39, 0.29) is 6.16 Å². The van der Waals surface area contributed by atoms with Gasteiger partial charge in [0.25, 0.3) is 0 Å². The summed E-state index contributed by atoms with van der Waals surface area (Å²) in [5.41, 5.74) is 0. The van der Waals surface area contributed by atoms with Gasteiger partial charge in [0.1, 0.15) is 0 Å². The molecule has 0 amide bonds. The summed E-state index contributed by atoms with van der Waals surface area (Å²) < 4.78 is 0. The quantitative estimate of drug-likeness (QED) is 0.315. The Kier molecular flexibility index (Phi) is 2.94. The summed E-state index contributed by atoms with van der Waals surface area (Å²) in [7, 11) is -3.68. The summed E-state index contributed by atoms with van der Waals surface area (Å²) >= 11 is 0. The predicted octanol–water partition coefficient (Wildman–Crippen LogP) is -0.202. The molecule has 0 radical (unpaired) electrons. The lowest BCUT2D eigenvalue weighted by molar-refractivity contribution is 0.334. The van der Waals surface area contributed by atoms with Gasteiger partial charge in [-0.25, -0.2) is 0 Å². The van der Waals surface area contributed by atoms with Crippen molar-refractivity contribution in [2.24, 2.45) is 0 Å². The first-order chi connectivity index (χ1) is 3.56. The van der Waals surface area contributed by atoms with Crippen molar-refractivity contribution in [3.63, 3.8) is 0 Å². The lowest BCUT2D eigenvalue weighted by Crippen LogP contribution is -1.90. The maximum absolute atomic E-state index is 8.21. The Morgan fingerprint density at radius 3 is 1.88 bits per heavy atom. The summed E-state index contributed by atoms with van der Waals surface area (Å²) in [5, 5.41) is 7.93. The van der Waals surface area contributed by atoms with Crippen molar-refractivity contribution in [2.75, 3.05) is 6.16 Å². The first-order valence-corrected chi connectivity index (χ1v) is 3.75. The molecule has 0 spiro atoms. The molecule has 0 aromatic carbocycles. The summed E-state index contributed by atoms with van der Waals surface area (Å²) in [6, 6.07) is 0. The van der Waals surface area contributed by atoms with Crippen molar-refractivity contribution in [3.05, 3.63) is 12.3 Å². The fourth-order valence-electron chi connectivity index (χ4n) is 0.189. The molecule has 0 saturated carbocycles. The van der Waals surface area contributed by atoms with Crippen LogP contribution in [0.15, 0.2) is 12.3 Å². The molecular formula is C3H8O4P+. The molecule has 0 heterocycles. The molecule has 0 aliphatic rings. The Balaban J connectivity index is 3.39. The SMILES string of the molecule is OC=CC[P+](O)(O)O. The van der Waals surface area contributed by atoms with Gasteiger partial charge in [-0.2, -0.15) is 14.7 Å². The number of rotatable bonds is 2. The molecule has 8 heavy (non-hydrogen) atoms. The molecule has 0 rings (SSSR count). The van der Waals surface area contributed by atoms with E-state index in [0.717, 1.165) is 6.08 Å². The van der Waals surface area contributed by atoms with Gasteiger partial charge in [0.05, 0.1) is 6.26 Å². The molecule has 0 bridgehead atoms. The van der Waals surface area contributed by atoms with Crippen LogP contribution in [0.4, 0.5) is 0 Å². The van der Waals surface area contributed by atoms with Crippen molar-refractivity contribution >= 4 is 7.94 Å². The van der Waals surface area contributed by atoms with Crippen LogP contribution in [0.2, 0.25) is 0 Å². The summed E-state index contributed by atoms with van der Waals surface area (Å²) in [5.74, 6) is 0. The number of hydrogen-bond donors (Lipinski definition) is 4. The van der Waals surface area contributed by atoms with Crippen LogP contribution in [0.25, 0.3) is 0 Å². The first-order valence-electron chi connectivity index (χ1n) is 1.92. The highest BCUT2D eigenvalue weighted by Gasteiger charge is 2.26. The van der Waals surface area contributed by atoms with E-state index in [1.54, 1.807) is 0 Å². The van der Waals surface area contributed by atoms with Crippen LogP contribution in [0.3, 0.4) is 0 Å². The van der Waals surface area contributed by atoms with Crippen LogP contribution in [-0.2, 0) is 0 Å². The van der Waals surface area contributed by atoms with Crippen molar-refractivity contribution in [1.82, 2.24) is 0 Å². The molecule has 4 nitrogen and oxygen atoms in total. The second-order valence-electron chi connectivity index (χ2n) is 1.26. The zero-order valence-corrected chi connectivity index (χ0v) is 4.99. The normalized spacial score (nSPS) is 12.9. The van der Waals surface area contributed by atoms with Crippen molar-refractivity contribution in [2.45, 2.75) is 0 Å². The second kappa shape index (κ2) is 2.99. The molecule has 0 aromatic heterocycles. The van der Waals surface area contributed by atoms with Crippen LogP contribution in [0.5, 0.6) is 0 Å². The van der Waals surface area contributed by atoms with Crippen LogP contribution in [-0.4, -0.2) is 25.9 Å². The number of hydrogen-bond acceptors (Lipinski definition) is 4. The van der Waals surface area contributed by atoms with Crippen LogP contribution in [0, 0.1) is 0 Å². The zero-order valence-electron chi connectivity index (χ0n) is 4.10. The Labute approximate surface area is 47.3 Å². The van der Waals surface area contributed by atoms with Gasteiger partial charge in [-0.05, 0) is 6.08 Å². The Bertz CT molecular complexity index is 83.8. The molecule has 0 aliphatic heterocycles. The van der Waals surface area contributed by atoms with E-state index in [0.29, 0.717) is 6.26 Å². The minimum Gasteiger partial charge on any atom is -0.516 e. The molecule has 0 atom stereocenters. The van der Waals surface area contributed by atoms with Gasteiger partial charge >= 0.3 is 7.94 Å². The molecule has 0 saturated heterocycles. The highest BCUT2D eigenvalue weighted by Crippen LogP contribution is 2.43. The van der Waals surface area contributed by atoms with Gasteiger partial charge in [0.2, 0.25) is 0 Å².